The molecular weight excluding hydrogens is 576 g/mol. The SMILES string of the molecule is NN[C@@H](Cc1ccc(O)cc1)C(=O)N[C@@H](Cc1ccc(O)cc1)C(=O)N[C@@H](Cc1ccc(O)cc1)C(=O)OCc1ccccc1. The van der Waals surface area contributed by atoms with E-state index >= 15 is 0 Å². The van der Waals surface area contributed by atoms with Crippen LogP contribution in [0.5, 0.6) is 17.2 Å². The first kappa shape index (κ1) is 32.5. The molecule has 0 aromatic heterocycles. The van der Waals surface area contributed by atoms with Gasteiger partial charge in [0.25, 0.3) is 0 Å². The van der Waals surface area contributed by atoms with Crippen LogP contribution in [0.3, 0.4) is 0 Å². The van der Waals surface area contributed by atoms with Gasteiger partial charge in [-0.05, 0) is 65.1 Å². The fraction of sp³-hybridized carbons (Fsp3) is 0.206. The van der Waals surface area contributed by atoms with Crippen molar-refractivity contribution in [1.29, 1.82) is 0 Å². The number of phenolic OH excluding ortho intramolecular Hbond substituents is 3. The van der Waals surface area contributed by atoms with Gasteiger partial charge in [-0.25, -0.2) is 10.2 Å². The first-order valence-corrected chi connectivity index (χ1v) is 14.3. The van der Waals surface area contributed by atoms with E-state index < -0.39 is 35.9 Å². The molecule has 4 aromatic carbocycles. The second-order valence-corrected chi connectivity index (χ2v) is 10.5. The van der Waals surface area contributed by atoms with Crippen molar-refractivity contribution in [3.8, 4) is 17.2 Å². The number of hydrazine groups is 1. The molecule has 0 saturated heterocycles. The van der Waals surface area contributed by atoms with Crippen LogP contribution >= 0.6 is 0 Å². The average Bonchev–Trinajstić information content (AvgIpc) is 3.05. The zero-order valence-corrected chi connectivity index (χ0v) is 24.4. The number of hydrogen-bond acceptors (Lipinski definition) is 9. The molecule has 4 rings (SSSR count). The number of aromatic hydroxyl groups is 3. The number of phenols is 3. The van der Waals surface area contributed by atoms with Crippen LogP contribution in [-0.4, -0.2) is 51.2 Å². The summed E-state index contributed by atoms with van der Waals surface area (Å²) < 4.78 is 5.55. The molecule has 11 heteroatoms. The summed E-state index contributed by atoms with van der Waals surface area (Å²) in [5, 5.41) is 34.5. The van der Waals surface area contributed by atoms with Gasteiger partial charge in [-0.1, -0.05) is 66.7 Å². The Morgan fingerprint density at radius 2 is 0.956 bits per heavy atom. The topological polar surface area (TPSA) is 183 Å². The van der Waals surface area contributed by atoms with E-state index in [-0.39, 0.29) is 43.1 Å². The first-order chi connectivity index (χ1) is 21.7. The van der Waals surface area contributed by atoms with Crippen LogP contribution in [0.25, 0.3) is 0 Å². The Kier molecular flexibility index (Phi) is 11.5. The number of esters is 1. The summed E-state index contributed by atoms with van der Waals surface area (Å²) in [5.41, 5.74) is 5.27. The van der Waals surface area contributed by atoms with E-state index in [1.807, 2.05) is 30.3 Å². The quantitative estimate of drug-likeness (QED) is 0.0638. The number of hydrogen-bond donors (Lipinski definition) is 7. The van der Waals surface area contributed by atoms with Gasteiger partial charge in [0, 0.05) is 12.8 Å². The van der Waals surface area contributed by atoms with Gasteiger partial charge in [0.1, 0.15) is 42.0 Å². The third-order valence-corrected chi connectivity index (χ3v) is 7.10. The number of ether oxygens (including phenoxy) is 1. The lowest BCUT2D eigenvalue weighted by molar-refractivity contribution is -0.149. The monoisotopic (exact) mass is 612 g/mol. The molecular formula is C34H36N4O7. The van der Waals surface area contributed by atoms with Crippen LogP contribution in [0.1, 0.15) is 22.3 Å². The molecule has 0 aliphatic carbocycles. The van der Waals surface area contributed by atoms with Crippen molar-refractivity contribution in [3.63, 3.8) is 0 Å². The zero-order valence-electron chi connectivity index (χ0n) is 24.4. The number of nitrogens with two attached hydrogens (primary N) is 1. The largest absolute Gasteiger partial charge is 0.508 e. The summed E-state index contributed by atoms with van der Waals surface area (Å²) in [5.74, 6) is 4.00. The van der Waals surface area contributed by atoms with E-state index in [1.165, 1.54) is 36.4 Å². The fourth-order valence-electron chi connectivity index (χ4n) is 4.61. The Balaban J connectivity index is 1.54. The number of carbonyl (C=O) groups is 3. The Labute approximate surface area is 260 Å². The van der Waals surface area contributed by atoms with Gasteiger partial charge < -0.3 is 30.7 Å². The number of nitrogens with one attached hydrogen (secondary N) is 3. The second kappa shape index (κ2) is 15.9. The van der Waals surface area contributed by atoms with E-state index in [2.05, 4.69) is 16.1 Å². The van der Waals surface area contributed by atoms with Crippen LogP contribution in [0.2, 0.25) is 0 Å². The predicted octanol–water partition coefficient (Wildman–Crippen LogP) is 2.38. The van der Waals surface area contributed by atoms with Crippen molar-refractivity contribution < 1.29 is 34.4 Å². The minimum Gasteiger partial charge on any atom is -0.508 e. The highest BCUT2D eigenvalue weighted by atomic mass is 16.5. The van der Waals surface area contributed by atoms with Gasteiger partial charge in [-0.3, -0.25) is 15.4 Å². The normalized spacial score (nSPS) is 12.8. The van der Waals surface area contributed by atoms with E-state index in [1.54, 1.807) is 36.4 Å². The molecule has 0 fully saturated rings. The molecule has 8 N–H and O–H groups in total. The van der Waals surface area contributed by atoms with Crippen molar-refractivity contribution in [2.24, 2.45) is 5.84 Å². The van der Waals surface area contributed by atoms with Crippen molar-refractivity contribution in [2.75, 3.05) is 0 Å². The molecule has 0 heterocycles. The maximum Gasteiger partial charge on any atom is 0.329 e. The standard InChI is InChI=1S/C34H36N4O7/c35-38-30(19-23-8-14-27(40)15-9-23)33(43)36-29(18-22-6-12-26(39)13-7-22)32(42)37-31(20-24-10-16-28(41)17-11-24)34(44)45-21-25-4-2-1-3-5-25/h1-17,29-31,38-41H,18-21,35H2,(H,36,43)(H,37,42)/t29-,30-,31-/m0/s1. The summed E-state index contributed by atoms with van der Waals surface area (Å²) in [6.45, 7) is -0.00357. The van der Waals surface area contributed by atoms with E-state index in [4.69, 9.17) is 10.6 Å². The Morgan fingerprint density at radius 3 is 1.42 bits per heavy atom. The van der Waals surface area contributed by atoms with Crippen LogP contribution in [0.15, 0.2) is 103 Å². The summed E-state index contributed by atoms with van der Waals surface area (Å²) in [4.78, 5) is 40.5. The van der Waals surface area contributed by atoms with Crippen LogP contribution in [0.4, 0.5) is 0 Å². The average molecular weight is 613 g/mol. The Morgan fingerprint density at radius 1 is 0.556 bits per heavy atom. The summed E-state index contributed by atoms with van der Waals surface area (Å²) >= 11 is 0. The number of benzene rings is 4. The smallest absolute Gasteiger partial charge is 0.329 e. The van der Waals surface area contributed by atoms with Gasteiger partial charge in [0.15, 0.2) is 0 Å². The third kappa shape index (κ3) is 10.1. The highest BCUT2D eigenvalue weighted by Crippen LogP contribution is 2.16. The maximum atomic E-state index is 13.8. The van der Waals surface area contributed by atoms with E-state index in [0.717, 1.165) is 11.1 Å². The second-order valence-electron chi connectivity index (χ2n) is 10.5. The van der Waals surface area contributed by atoms with Gasteiger partial charge in [0.2, 0.25) is 11.8 Å². The Hall–Kier alpha value is -5.39. The van der Waals surface area contributed by atoms with Crippen molar-refractivity contribution in [3.05, 3.63) is 125 Å². The molecule has 3 atom stereocenters. The molecule has 4 aromatic rings. The van der Waals surface area contributed by atoms with Crippen molar-refractivity contribution in [1.82, 2.24) is 16.1 Å². The fourth-order valence-corrected chi connectivity index (χ4v) is 4.61. The third-order valence-electron chi connectivity index (χ3n) is 7.10. The van der Waals surface area contributed by atoms with Gasteiger partial charge in [0.05, 0.1) is 0 Å². The zero-order chi connectivity index (χ0) is 32.2. The maximum absolute atomic E-state index is 13.8. The molecule has 0 aliphatic heterocycles. The van der Waals surface area contributed by atoms with E-state index in [9.17, 15) is 29.7 Å². The molecule has 0 unspecified atom stereocenters. The summed E-state index contributed by atoms with van der Waals surface area (Å²) in [6, 6.07) is 24.6. The highest BCUT2D eigenvalue weighted by molar-refractivity contribution is 5.92. The Bertz CT molecular complexity index is 1550. The van der Waals surface area contributed by atoms with Crippen molar-refractivity contribution >= 4 is 17.8 Å². The molecule has 45 heavy (non-hydrogen) atoms. The van der Waals surface area contributed by atoms with Gasteiger partial charge in [-0.2, -0.15) is 0 Å². The molecule has 0 bridgehead atoms. The van der Waals surface area contributed by atoms with Crippen LogP contribution in [0, 0.1) is 0 Å². The first-order valence-electron chi connectivity index (χ1n) is 14.3. The minimum atomic E-state index is -1.14. The summed E-state index contributed by atoms with van der Waals surface area (Å²) in [7, 11) is 0. The molecule has 234 valence electrons. The number of carbonyl (C=O) groups excluding carboxylic acids is 3. The van der Waals surface area contributed by atoms with Crippen LogP contribution in [-0.2, 0) is 45.0 Å². The molecule has 0 saturated carbocycles. The molecule has 11 nitrogen and oxygen atoms in total. The molecule has 0 spiro atoms. The van der Waals surface area contributed by atoms with Crippen LogP contribution < -0.4 is 21.9 Å². The lowest BCUT2D eigenvalue weighted by Gasteiger charge is -2.25. The molecule has 2 amide bonds. The lowest BCUT2D eigenvalue weighted by atomic mass is 10.0. The van der Waals surface area contributed by atoms with Crippen molar-refractivity contribution in [2.45, 2.75) is 44.0 Å². The van der Waals surface area contributed by atoms with E-state index in [0.29, 0.717) is 11.1 Å². The molecule has 0 radical (unpaired) electrons. The van der Waals surface area contributed by atoms with Gasteiger partial charge in [-0.15, -0.1) is 0 Å². The van der Waals surface area contributed by atoms with Gasteiger partial charge >= 0.3 is 5.97 Å². The lowest BCUT2D eigenvalue weighted by Crippen LogP contribution is -2.57. The highest BCUT2D eigenvalue weighted by Gasteiger charge is 2.30. The minimum absolute atomic E-state index is 0.00357. The number of rotatable bonds is 14. The molecule has 0 aliphatic rings. The summed E-state index contributed by atoms with van der Waals surface area (Å²) in [6.07, 6.45) is 0.276. The number of amides is 2. The predicted molar refractivity (Wildman–Crippen MR) is 167 cm³/mol.